The van der Waals surface area contributed by atoms with Crippen LogP contribution in [0.1, 0.15) is 25.3 Å². The SMILES string of the molecule is CCOc1ccc(N2C(=O)NC(=O)/C(=C\c3ccc(N4CCCC4)c(F)c3)C2=O)cc1. The highest BCUT2D eigenvalue weighted by Gasteiger charge is 2.36. The van der Waals surface area contributed by atoms with Crippen molar-refractivity contribution in [3.63, 3.8) is 0 Å². The predicted octanol–water partition coefficient (Wildman–Crippen LogP) is 3.49. The lowest BCUT2D eigenvalue weighted by molar-refractivity contribution is -0.122. The van der Waals surface area contributed by atoms with Gasteiger partial charge < -0.3 is 9.64 Å². The molecule has 0 spiro atoms. The van der Waals surface area contributed by atoms with E-state index in [0.29, 0.717) is 29.3 Å². The molecule has 2 saturated heterocycles. The van der Waals surface area contributed by atoms with Crippen molar-refractivity contribution in [1.82, 2.24) is 5.32 Å². The third-order valence-corrected chi connectivity index (χ3v) is 5.24. The van der Waals surface area contributed by atoms with Crippen LogP contribution in [0.2, 0.25) is 0 Å². The molecule has 0 atom stereocenters. The summed E-state index contributed by atoms with van der Waals surface area (Å²) < 4.78 is 20.0. The Labute approximate surface area is 179 Å². The van der Waals surface area contributed by atoms with E-state index in [9.17, 15) is 18.8 Å². The first-order valence-electron chi connectivity index (χ1n) is 10.2. The Morgan fingerprint density at radius 2 is 1.77 bits per heavy atom. The maximum absolute atomic E-state index is 14.6. The van der Waals surface area contributed by atoms with Gasteiger partial charge in [-0.05, 0) is 67.8 Å². The largest absolute Gasteiger partial charge is 0.494 e. The van der Waals surface area contributed by atoms with Gasteiger partial charge in [0.05, 0.1) is 18.0 Å². The standard InChI is InChI=1S/C23H22FN3O4/c1-2-31-17-8-6-16(7-9-17)27-22(29)18(21(28)25-23(27)30)13-15-5-10-20(19(24)14-15)26-11-3-4-12-26/h5-10,13-14H,2-4,11-12H2,1H3,(H,25,28,30)/b18-13+. The second-order valence-electron chi connectivity index (χ2n) is 7.29. The van der Waals surface area contributed by atoms with E-state index in [1.165, 1.54) is 12.1 Å². The molecule has 160 valence electrons. The number of hydrogen-bond acceptors (Lipinski definition) is 5. The first-order valence-corrected chi connectivity index (χ1v) is 10.2. The Kier molecular flexibility index (Phi) is 5.70. The molecule has 0 saturated carbocycles. The fourth-order valence-corrected chi connectivity index (χ4v) is 3.74. The van der Waals surface area contributed by atoms with Gasteiger partial charge in [-0.1, -0.05) is 6.07 Å². The first kappa shape index (κ1) is 20.6. The fraction of sp³-hybridized carbons (Fsp3) is 0.261. The summed E-state index contributed by atoms with van der Waals surface area (Å²) >= 11 is 0. The molecular weight excluding hydrogens is 401 g/mol. The molecule has 0 unspecified atom stereocenters. The number of nitrogens with one attached hydrogen (secondary N) is 1. The molecule has 0 bridgehead atoms. The molecule has 4 rings (SSSR count). The van der Waals surface area contributed by atoms with Crippen LogP contribution >= 0.6 is 0 Å². The van der Waals surface area contributed by atoms with E-state index in [0.717, 1.165) is 30.8 Å². The minimum atomic E-state index is -0.841. The van der Waals surface area contributed by atoms with E-state index < -0.39 is 23.7 Å². The van der Waals surface area contributed by atoms with Crippen molar-refractivity contribution in [2.45, 2.75) is 19.8 Å². The molecule has 31 heavy (non-hydrogen) atoms. The molecule has 2 aromatic rings. The first-order chi connectivity index (χ1) is 15.0. The number of amides is 4. The van der Waals surface area contributed by atoms with Crippen molar-refractivity contribution in [3.8, 4) is 5.75 Å². The van der Waals surface area contributed by atoms with E-state index in [4.69, 9.17) is 4.74 Å². The minimum absolute atomic E-state index is 0.248. The molecule has 0 aromatic heterocycles. The highest BCUT2D eigenvalue weighted by atomic mass is 19.1. The van der Waals surface area contributed by atoms with Crippen molar-refractivity contribution >= 4 is 35.3 Å². The smallest absolute Gasteiger partial charge is 0.335 e. The van der Waals surface area contributed by atoms with Crippen molar-refractivity contribution in [2.75, 3.05) is 29.5 Å². The van der Waals surface area contributed by atoms with E-state index in [2.05, 4.69) is 5.32 Å². The highest BCUT2D eigenvalue weighted by Crippen LogP contribution is 2.27. The normalized spacial score (nSPS) is 18.0. The van der Waals surface area contributed by atoms with Gasteiger partial charge in [0, 0.05) is 13.1 Å². The summed E-state index contributed by atoms with van der Waals surface area (Å²) in [4.78, 5) is 40.5. The Hall–Kier alpha value is -3.68. The Morgan fingerprint density at radius 1 is 1.06 bits per heavy atom. The lowest BCUT2D eigenvalue weighted by Crippen LogP contribution is -2.54. The average Bonchev–Trinajstić information content (AvgIpc) is 3.27. The highest BCUT2D eigenvalue weighted by molar-refractivity contribution is 6.39. The van der Waals surface area contributed by atoms with Crippen molar-refractivity contribution in [2.24, 2.45) is 0 Å². The second-order valence-corrected chi connectivity index (χ2v) is 7.29. The summed E-state index contributed by atoms with van der Waals surface area (Å²) in [6, 6.07) is 10.1. The quantitative estimate of drug-likeness (QED) is 0.588. The van der Waals surface area contributed by atoms with Crippen LogP contribution in [0.15, 0.2) is 48.0 Å². The van der Waals surface area contributed by atoms with Gasteiger partial charge >= 0.3 is 6.03 Å². The zero-order valence-electron chi connectivity index (χ0n) is 17.1. The number of ether oxygens (including phenoxy) is 1. The third-order valence-electron chi connectivity index (χ3n) is 5.24. The van der Waals surface area contributed by atoms with Gasteiger partial charge in [-0.3, -0.25) is 14.9 Å². The summed E-state index contributed by atoms with van der Waals surface area (Å²) in [6.45, 7) is 3.94. The lowest BCUT2D eigenvalue weighted by Gasteiger charge is -2.26. The van der Waals surface area contributed by atoms with Crippen molar-refractivity contribution in [1.29, 1.82) is 0 Å². The van der Waals surface area contributed by atoms with Crippen LogP contribution in [0.5, 0.6) is 5.75 Å². The lowest BCUT2D eigenvalue weighted by atomic mass is 10.1. The molecule has 0 aliphatic carbocycles. The van der Waals surface area contributed by atoms with Gasteiger partial charge in [0.25, 0.3) is 11.8 Å². The molecule has 2 aromatic carbocycles. The van der Waals surface area contributed by atoms with Crippen LogP contribution < -0.4 is 19.9 Å². The molecule has 4 amide bonds. The zero-order chi connectivity index (χ0) is 22.0. The van der Waals surface area contributed by atoms with Gasteiger partial charge in [0.15, 0.2) is 0 Å². The number of carbonyl (C=O) groups is 3. The summed E-state index contributed by atoms with van der Waals surface area (Å²) in [5.74, 6) is -1.42. The van der Waals surface area contributed by atoms with Crippen LogP contribution in [-0.4, -0.2) is 37.5 Å². The number of barbiturate groups is 1. The van der Waals surface area contributed by atoms with Gasteiger partial charge in [-0.2, -0.15) is 0 Å². The molecule has 2 aliphatic rings. The maximum atomic E-state index is 14.6. The zero-order valence-corrected chi connectivity index (χ0v) is 17.1. The molecule has 7 nitrogen and oxygen atoms in total. The van der Waals surface area contributed by atoms with Crippen LogP contribution in [0.25, 0.3) is 6.08 Å². The van der Waals surface area contributed by atoms with Gasteiger partial charge in [-0.25, -0.2) is 14.1 Å². The Bertz CT molecular complexity index is 1060. The van der Waals surface area contributed by atoms with Crippen LogP contribution in [0.4, 0.5) is 20.6 Å². The van der Waals surface area contributed by atoms with E-state index in [1.807, 2.05) is 11.8 Å². The number of halogens is 1. The van der Waals surface area contributed by atoms with Crippen molar-refractivity contribution in [3.05, 3.63) is 59.4 Å². The van der Waals surface area contributed by atoms with E-state index in [1.54, 1.807) is 36.4 Å². The third kappa shape index (κ3) is 4.14. The van der Waals surface area contributed by atoms with Gasteiger partial charge in [0.1, 0.15) is 17.1 Å². The predicted molar refractivity (Wildman–Crippen MR) is 114 cm³/mol. The van der Waals surface area contributed by atoms with Crippen LogP contribution in [0.3, 0.4) is 0 Å². The molecule has 1 N–H and O–H groups in total. The number of carbonyl (C=O) groups excluding carboxylic acids is 3. The number of anilines is 2. The Balaban J connectivity index is 1.62. The molecule has 0 radical (unpaired) electrons. The fourth-order valence-electron chi connectivity index (χ4n) is 3.74. The number of imide groups is 2. The number of benzene rings is 2. The average molecular weight is 423 g/mol. The van der Waals surface area contributed by atoms with Crippen LogP contribution in [-0.2, 0) is 9.59 Å². The van der Waals surface area contributed by atoms with Gasteiger partial charge in [0.2, 0.25) is 0 Å². The number of nitrogens with zero attached hydrogens (tertiary/aromatic N) is 2. The summed E-state index contributed by atoms with van der Waals surface area (Å²) in [6.07, 6.45) is 3.34. The topological polar surface area (TPSA) is 79.0 Å². The number of rotatable bonds is 5. The maximum Gasteiger partial charge on any atom is 0.335 e. The van der Waals surface area contributed by atoms with E-state index in [-0.39, 0.29) is 5.57 Å². The summed E-state index contributed by atoms with van der Waals surface area (Å²) in [5, 5.41) is 2.16. The Morgan fingerprint density at radius 3 is 2.42 bits per heavy atom. The van der Waals surface area contributed by atoms with E-state index >= 15 is 0 Å². The van der Waals surface area contributed by atoms with Crippen molar-refractivity contribution < 1.29 is 23.5 Å². The molecule has 2 heterocycles. The number of hydrogen-bond donors (Lipinski definition) is 1. The van der Waals surface area contributed by atoms with Gasteiger partial charge in [-0.15, -0.1) is 0 Å². The monoisotopic (exact) mass is 423 g/mol. The van der Waals surface area contributed by atoms with Crippen LogP contribution in [0, 0.1) is 5.82 Å². The second kappa shape index (κ2) is 8.59. The summed E-state index contributed by atoms with van der Waals surface area (Å²) in [7, 11) is 0. The molecule has 2 fully saturated rings. The molecule has 8 heteroatoms. The molecular formula is C23H22FN3O4. The summed E-state index contributed by atoms with van der Waals surface area (Å²) in [5.41, 5.74) is 0.909. The number of urea groups is 1. The minimum Gasteiger partial charge on any atom is -0.494 e. The molecule has 2 aliphatic heterocycles.